The minimum Gasteiger partial charge on any atom is -0.396 e. The molecule has 0 unspecified atom stereocenters. The van der Waals surface area contributed by atoms with Gasteiger partial charge in [0.2, 0.25) is 0 Å². The van der Waals surface area contributed by atoms with Crippen molar-refractivity contribution in [3.8, 4) is 0 Å². The molecule has 106 valence electrons. The molecule has 2 heterocycles. The number of hydrogen-bond acceptors (Lipinski definition) is 4. The van der Waals surface area contributed by atoms with E-state index in [0.29, 0.717) is 17.9 Å². The van der Waals surface area contributed by atoms with Crippen LogP contribution in [0.25, 0.3) is 0 Å². The lowest BCUT2D eigenvalue weighted by atomic mass is 9.91. The first kappa shape index (κ1) is 14.3. The molecule has 18 heavy (non-hydrogen) atoms. The highest BCUT2D eigenvalue weighted by Gasteiger charge is 2.29. The fourth-order valence-electron chi connectivity index (χ4n) is 3.23. The lowest BCUT2D eigenvalue weighted by Crippen LogP contribution is -2.45. The highest BCUT2D eigenvalue weighted by Crippen LogP contribution is 2.24. The Hall–Kier alpha value is -0.160. The van der Waals surface area contributed by atoms with Crippen molar-refractivity contribution in [2.75, 3.05) is 59.1 Å². The van der Waals surface area contributed by atoms with Crippen molar-refractivity contribution < 1.29 is 9.84 Å². The molecular formula is C14H28N2O2. The van der Waals surface area contributed by atoms with Gasteiger partial charge in [0.25, 0.3) is 0 Å². The molecule has 0 aromatic rings. The van der Waals surface area contributed by atoms with E-state index in [1.54, 1.807) is 0 Å². The maximum Gasteiger partial charge on any atom is 0.0594 e. The predicted octanol–water partition coefficient (Wildman–Crippen LogP) is 0.659. The largest absolute Gasteiger partial charge is 0.396 e. The molecule has 0 amide bonds. The van der Waals surface area contributed by atoms with Crippen molar-refractivity contribution in [2.24, 2.45) is 11.3 Å². The van der Waals surface area contributed by atoms with Gasteiger partial charge in [-0.15, -0.1) is 0 Å². The summed E-state index contributed by atoms with van der Waals surface area (Å²) in [5.74, 6) is 0.504. The van der Waals surface area contributed by atoms with Crippen molar-refractivity contribution >= 4 is 0 Å². The Morgan fingerprint density at radius 2 is 1.78 bits per heavy atom. The predicted molar refractivity (Wildman–Crippen MR) is 72.7 cm³/mol. The second-order valence-electron chi connectivity index (χ2n) is 6.63. The van der Waals surface area contributed by atoms with Crippen LogP contribution in [-0.4, -0.2) is 74.0 Å². The van der Waals surface area contributed by atoms with Crippen molar-refractivity contribution in [1.82, 2.24) is 9.80 Å². The average molecular weight is 256 g/mol. The zero-order valence-electron chi connectivity index (χ0n) is 11.9. The first-order valence-corrected chi connectivity index (χ1v) is 7.22. The van der Waals surface area contributed by atoms with Crippen molar-refractivity contribution in [2.45, 2.75) is 20.3 Å². The van der Waals surface area contributed by atoms with Gasteiger partial charge in [0.1, 0.15) is 0 Å². The molecule has 0 aliphatic carbocycles. The Balaban J connectivity index is 1.75. The van der Waals surface area contributed by atoms with E-state index in [0.717, 1.165) is 58.9 Å². The van der Waals surface area contributed by atoms with E-state index in [1.807, 2.05) is 0 Å². The molecule has 0 aromatic carbocycles. The maximum absolute atomic E-state index is 9.19. The van der Waals surface area contributed by atoms with Crippen molar-refractivity contribution in [1.29, 1.82) is 0 Å². The van der Waals surface area contributed by atoms with E-state index < -0.39 is 0 Å². The lowest BCUT2D eigenvalue weighted by Gasteiger charge is -2.37. The van der Waals surface area contributed by atoms with Gasteiger partial charge in [0, 0.05) is 39.3 Å². The molecular weight excluding hydrogens is 228 g/mol. The number of morpholine rings is 1. The zero-order chi connectivity index (χ0) is 13.0. The fourth-order valence-corrected chi connectivity index (χ4v) is 3.23. The summed E-state index contributed by atoms with van der Waals surface area (Å²) in [7, 11) is 0. The van der Waals surface area contributed by atoms with Gasteiger partial charge in [-0.2, -0.15) is 0 Å². The Labute approximate surface area is 111 Å². The monoisotopic (exact) mass is 256 g/mol. The van der Waals surface area contributed by atoms with Crippen LogP contribution in [0.15, 0.2) is 0 Å². The summed E-state index contributed by atoms with van der Waals surface area (Å²) in [5.41, 5.74) is 0.321. The van der Waals surface area contributed by atoms with E-state index in [1.165, 1.54) is 0 Å². The van der Waals surface area contributed by atoms with Gasteiger partial charge in [0.05, 0.1) is 13.2 Å². The molecule has 0 saturated carbocycles. The second-order valence-corrected chi connectivity index (χ2v) is 6.63. The highest BCUT2D eigenvalue weighted by molar-refractivity contribution is 4.83. The maximum atomic E-state index is 9.19. The standard InChI is InChI=1S/C14H28N2O2/c1-14(2,11-15-5-7-18-8-6-15)12-16-4-3-13(9-16)10-17/h13,17H,3-12H2,1-2H3/t13-/m0/s1. The third kappa shape index (κ3) is 4.19. The van der Waals surface area contributed by atoms with E-state index >= 15 is 0 Å². The molecule has 0 aromatic heterocycles. The summed E-state index contributed by atoms with van der Waals surface area (Å²) in [6.45, 7) is 13.5. The SMILES string of the molecule is CC(C)(CN1CCOCC1)CN1CC[C@H](CO)C1. The quantitative estimate of drug-likeness (QED) is 0.784. The smallest absolute Gasteiger partial charge is 0.0594 e. The van der Waals surface area contributed by atoms with E-state index in [-0.39, 0.29) is 0 Å². The zero-order valence-corrected chi connectivity index (χ0v) is 11.9. The van der Waals surface area contributed by atoms with Gasteiger partial charge in [-0.3, -0.25) is 4.90 Å². The lowest BCUT2D eigenvalue weighted by molar-refractivity contribution is 0.0160. The third-order valence-corrected chi connectivity index (χ3v) is 4.04. The molecule has 2 saturated heterocycles. The van der Waals surface area contributed by atoms with Gasteiger partial charge in [-0.1, -0.05) is 13.8 Å². The summed E-state index contributed by atoms with van der Waals surface area (Å²) in [4.78, 5) is 5.03. The van der Waals surface area contributed by atoms with Crippen LogP contribution in [0.5, 0.6) is 0 Å². The van der Waals surface area contributed by atoms with Crippen molar-refractivity contribution in [3.05, 3.63) is 0 Å². The number of likely N-dealkylation sites (tertiary alicyclic amines) is 1. The van der Waals surface area contributed by atoms with Crippen LogP contribution < -0.4 is 0 Å². The molecule has 0 radical (unpaired) electrons. The minimum absolute atomic E-state index is 0.321. The van der Waals surface area contributed by atoms with Crippen LogP contribution in [0.3, 0.4) is 0 Å². The molecule has 1 atom stereocenters. The van der Waals surface area contributed by atoms with Crippen LogP contribution in [-0.2, 0) is 4.74 Å². The van der Waals surface area contributed by atoms with Gasteiger partial charge in [0.15, 0.2) is 0 Å². The molecule has 0 spiro atoms. The van der Waals surface area contributed by atoms with Crippen LogP contribution in [0.4, 0.5) is 0 Å². The number of aliphatic hydroxyl groups is 1. The molecule has 0 bridgehead atoms. The normalized spacial score (nSPS) is 27.8. The van der Waals surface area contributed by atoms with E-state index in [2.05, 4.69) is 23.6 Å². The number of hydrogen-bond donors (Lipinski definition) is 1. The van der Waals surface area contributed by atoms with Crippen molar-refractivity contribution in [3.63, 3.8) is 0 Å². The number of aliphatic hydroxyl groups excluding tert-OH is 1. The van der Waals surface area contributed by atoms with Gasteiger partial charge >= 0.3 is 0 Å². The van der Waals surface area contributed by atoms with Gasteiger partial charge in [-0.05, 0) is 24.3 Å². The van der Waals surface area contributed by atoms with Crippen LogP contribution in [0.1, 0.15) is 20.3 Å². The molecule has 4 nitrogen and oxygen atoms in total. The van der Waals surface area contributed by atoms with Crippen LogP contribution >= 0.6 is 0 Å². The van der Waals surface area contributed by atoms with E-state index in [9.17, 15) is 5.11 Å². The van der Waals surface area contributed by atoms with E-state index in [4.69, 9.17) is 4.74 Å². The summed E-state index contributed by atoms with van der Waals surface area (Å²) in [6, 6.07) is 0. The topological polar surface area (TPSA) is 35.9 Å². The van der Waals surface area contributed by atoms with Gasteiger partial charge < -0.3 is 14.7 Å². The summed E-state index contributed by atoms with van der Waals surface area (Å²) >= 11 is 0. The van der Waals surface area contributed by atoms with Crippen LogP contribution in [0, 0.1) is 11.3 Å². The highest BCUT2D eigenvalue weighted by atomic mass is 16.5. The average Bonchev–Trinajstić information content (AvgIpc) is 2.76. The number of nitrogens with zero attached hydrogens (tertiary/aromatic N) is 2. The molecule has 2 aliphatic rings. The Morgan fingerprint density at radius 3 is 2.39 bits per heavy atom. The Morgan fingerprint density at radius 1 is 1.11 bits per heavy atom. The summed E-state index contributed by atoms with van der Waals surface area (Å²) in [5, 5.41) is 9.19. The Kier molecular flexibility index (Phi) is 5.01. The first-order valence-electron chi connectivity index (χ1n) is 7.22. The molecule has 1 N–H and O–H groups in total. The fraction of sp³-hybridized carbons (Fsp3) is 1.00. The summed E-state index contributed by atoms with van der Waals surface area (Å²) in [6.07, 6.45) is 1.16. The number of rotatable bonds is 5. The summed E-state index contributed by atoms with van der Waals surface area (Å²) < 4.78 is 5.40. The Bertz CT molecular complexity index is 252. The minimum atomic E-state index is 0.321. The molecule has 2 aliphatic heterocycles. The molecule has 2 fully saturated rings. The third-order valence-electron chi connectivity index (χ3n) is 4.04. The first-order chi connectivity index (χ1) is 8.59. The van der Waals surface area contributed by atoms with Gasteiger partial charge in [-0.25, -0.2) is 0 Å². The second kappa shape index (κ2) is 6.33. The molecule has 4 heteroatoms. The number of ether oxygens (including phenoxy) is 1. The molecule has 2 rings (SSSR count). The van der Waals surface area contributed by atoms with Crippen LogP contribution in [0.2, 0.25) is 0 Å².